The smallest absolute Gasteiger partial charge is 0.324 e. The Hall–Kier alpha value is 0.656. The van der Waals surface area contributed by atoms with Crippen LogP contribution in [0.1, 0.15) is 13.3 Å². The molecule has 0 aliphatic carbocycles. The molecule has 0 amide bonds. The molecule has 59 valence electrons. The van der Waals surface area contributed by atoms with Gasteiger partial charge in [-0.05, 0) is 6.42 Å². The van der Waals surface area contributed by atoms with Gasteiger partial charge in [-0.1, -0.05) is 6.92 Å². The molecule has 3 nitrogen and oxygen atoms in total. The van der Waals surface area contributed by atoms with E-state index < -0.39 is 7.60 Å². The normalized spacial score (nSPS) is 15.9. The van der Waals surface area contributed by atoms with E-state index in [-0.39, 0.29) is 16.8 Å². The molecule has 1 N–H and O–H groups in total. The molecular formula is C4H11CoO3P. The predicted molar refractivity (Wildman–Crippen MR) is 32.0 cm³/mol. The largest absolute Gasteiger partial charge is 0.325 e. The van der Waals surface area contributed by atoms with Gasteiger partial charge in [0.05, 0.1) is 6.61 Å². The average Bonchev–Trinajstić information content (AvgIpc) is 1.59. The summed E-state index contributed by atoms with van der Waals surface area (Å²) in [5.74, 6) is 0. The summed E-state index contributed by atoms with van der Waals surface area (Å²) in [6, 6.07) is 0. The Kier molecular flexibility index (Phi) is 7.46. The monoisotopic (exact) mass is 197 g/mol. The third-order valence-electron chi connectivity index (χ3n) is 0.535. The van der Waals surface area contributed by atoms with Gasteiger partial charge in [-0.3, -0.25) is 4.57 Å². The van der Waals surface area contributed by atoms with E-state index >= 15 is 0 Å². The van der Waals surface area contributed by atoms with Crippen LogP contribution < -0.4 is 0 Å². The Bertz CT molecular complexity index is 100.0. The first-order valence-corrected chi connectivity index (χ1v) is 4.53. The Labute approximate surface area is 65.5 Å². The number of hydrogen-bond donors (Lipinski definition) is 1. The van der Waals surface area contributed by atoms with Gasteiger partial charge in [0.25, 0.3) is 0 Å². The summed E-state index contributed by atoms with van der Waals surface area (Å²) in [5.41, 5.74) is 0. The number of rotatable bonds is 3. The second-order valence-corrected chi connectivity index (χ2v) is 3.50. The molecule has 5 heteroatoms. The quantitative estimate of drug-likeness (QED) is 0.692. The van der Waals surface area contributed by atoms with Gasteiger partial charge in [0.15, 0.2) is 0 Å². The van der Waals surface area contributed by atoms with E-state index in [4.69, 9.17) is 4.89 Å². The van der Waals surface area contributed by atoms with Gasteiger partial charge < -0.3 is 9.42 Å². The topological polar surface area (TPSA) is 46.5 Å². The van der Waals surface area contributed by atoms with Crippen LogP contribution >= 0.6 is 7.60 Å². The maximum Gasteiger partial charge on any atom is 0.325 e. The average molecular weight is 197 g/mol. The van der Waals surface area contributed by atoms with Crippen molar-refractivity contribution in [2.24, 2.45) is 0 Å². The van der Waals surface area contributed by atoms with Crippen molar-refractivity contribution in [2.45, 2.75) is 13.3 Å². The van der Waals surface area contributed by atoms with E-state index in [1.54, 1.807) is 0 Å². The van der Waals surface area contributed by atoms with Crippen LogP contribution in [0.3, 0.4) is 0 Å². The van der Waals surface area contributed by atoms with E-state index in [1.165, 1.54) is 6.66 Å². The van der Waals surface area contributed by atoms with E-state index in [1.807, 2.05) is 6.92 Å². The van der Waals surface area contributed by atoms with Crippen LogP contribution in [0.4, 0.5) is 0 Å². The van der Waals surface area contributed by atoms with Crippen molar-refractivity contribution in [3.05, 3.63) is 0 Å². The predicted octanol–water partition coefficient (Wildman–Crippen LogP) is 1.23. The van der Waals surface area contributed by atoms with Gasteiger partial charge in [-0.25, -0.2) is 0 Å². The zero-order valence-corrected chi connectivity index (χ0v) is 7.39. The summed E-state index contributed by atoms with van der Waals surface area (Å²) in [4.78, 5) is 8.48. The minimum atomic E-state index is -3.18. The molecule has 0 saturated carbocycles. The molecule has 0 aromatic heterocycles. The fourth-order valence-electron chi connectivity index (χ4n) is 0.261. The second kappa shape index (κ2) is 5.44. The molecule has 1 unspecified atom stereocenters. The van der Waals surface area contributed by atoms with E-state index in [2.05, 4.69) is 4.52 Å². The second-order valence-electron chi connectivity index (χ2n) is 1.64. The fraction of sp³-hybridized carbons (Fsp3) is 1.00. The zero-order valence-electron chi connectivity index (χ0n) is 5.46. The van der Waals surface area contributed by atoms with Crippen LogP contribution in [0.2, 0.25) is 0 Å². The maximum atomic E-state index is 10.3. The van der Waals surface area contributed by atoms with E-state index in [0.717, 1.165) is 6.42 Å². The van der Waals surface area contributed by atoms with Gasteiger partial charge in [-0.2, -0.15) is 0 Å². The van der Waals surface area contributed by atoms with Crippen molar-refractivity contribution >= 4 is 7.60 Å². The van der Waals surface area contributed by atoms with Crippen LogP contribution in [0.5, 0.6) is 0 Å². The molecule has 0 aliphatic rings. The van der Waals surface area contributed by atoms with Crippen LogP contribution in [-0.2, 0) is 25.9 Å². The van der Waals surface area contributed by atoms with Crippen molar-refractivity contribution in [2.75, 3.05) is 13.3 Å². The molecular weight excluding hydrogens is 186 g/mol. The molecule has 1 radical (unpaired) electrons. The molecule has 0 saturated heterocycles. The van der Waals surface area contributed by atoms with Crippen LogP contribution in [-0.4, -0.2) is 18.2 Å². The molecule has 0 heterocycles. The minimum absolute atomic E-state index is 0. The first-order valence-electron chi connectivity index (χ1n) is 2.51. The summed E-state index contributed by atoms with van der Waals surface area (Å²) < 4.78 is 14.8. The van der Waals surface area contributed by atoms with Gasteiger partial charge in [0, 0.05) is 23.4 Å². The minimum Gasteiger partial charge on any atom is -0.324 e. The van der Waals surface area contributed by atoms with Crippen molar-refractivity contribution < 1.29 is 30.8 Å². The third-order valence-corrected chi connectivity index (χ3v) is 1.20. The zero-order chi connectivity index (χ0) is 6.62. The molecule has 0 bridgehead atoms. The summed E-state index contributed by atoms with van der Waals surface area (Å²) in [6.45, 7) is 3.43. The first kappa shape index (κ1) is 12.3. The number of hydrogen-bond acceptors (Lipinski definition) is 2. The van der Waals surface area contributed by atoms with Gasteiger partial charge >= 0.3 is 7.60 Å². The Morgan fingerprint density at radius 2 is 2.11 bits per heavy atom. The summed E-state index contributed by atoms with van der Waals surface area (Å²) >= 11 is 0. The molecule has 0 aromatic carbocycles. The molecule has 1 atom stereocenters. The van der Waals surface area contributed by atoms with Gasteiger partial charge in [-0.15, -0.1) is 0 Å². The van der Waals surface area contributed by atoms with Crippen molar-refractivity contribution in [3.8, 4) is 0 Å². The van der Waals surface area contributed by atoms with E-state index in [9.17, 15) is 4.57 Å². The summed E-state index contributed by atoms with van der Waals surface area (Å²) in [7, 11) is -3.18. The molecule has 0 aromatic rings. The Morgan fingerprint density at radius 1 is 1.67 bits per heavy atom. The summed E-state index contributed by atoms with van der Waals surface area (Å²) in [5, 5.41) is 0. The van der Waals surface area contributed by atoms with Crippen LogP contribution in [0.25, 0.3) is 0 Å². The molecule has 0 aliphatic heterocycles. The van der Waals surface area contributed by atoms with Crippen molar-refractivity contribution in [1.29, 1.82) is 0 Å². The third kappa shape index (κ3) is 12.0. The molecule has 0 spiro atoms. The summed E-state index contributed by atoms with van der Waals surface area (Å²) in [6.07, 6.45) is 0.776. The first-order chi connectivity index (χ1) is 3.56. The van der Waals surface area contributed by atoms with Crippen molar-refractivity contribution in [3.63, 3.8) is 0 Å². The molecule has 9 heavy (non-hydrogen) atoms. The maximum absolute atomic E-state index is 10.3. The SMILES string of the molecule is CCCOP(C)(=O)O.[Co]. The van der Waals surface area contributed by atoms with E-state index in [0.29, 0.717) is 6.61 Å². The molecule has 0 fully saturated rings. The van der Waals surface area contributed by atoms with Crippen LogP contribution in [0.15, 0.2) is 0 Å². The van der Waals surface area contributed by atoms with Gasteiger partial charge in [0.2, 0.25) is 0 Å². The van der Waals surface area contributed by atoms with Crippen molar-refractivity contribution in [1.82, 2.24) is 0 Å². The Balaban J connectivity index is 0. The Morgan fingerprint density at radius 3 is 2.22 bits per heavy atom. The fourth-order valence-corrected chi connectivity index (χ4v) is 0.782. The van der Waals surface area contributed by atoms with Gasteiger partial charge in [0.1, 0.15) is 0 Å². The standard InChI is InChI=1S/C4H11O3P.Co/c1-3-4-7-8(2,5)6;/h3-4H2,1-2H3,(H,5,6);. The van der Waals surface area contributed by atoms with Crippen LogP contribution in [0, 0.1) is 0 Å². The molecule has 0 rings (SSSR count).